The molecule has 0 aromatic heterocycles. The summed E-state index contributed by atoms with van der Waals surface area (Å²) in [6.07, 6.45) is 1.43. The normalized spacial score (nSPS) is 16.0. The van der Waals surface area contributed by atoms with Crippen molar-refractivity contribution < 1.29 is 19.4 Å². The van der Waals surface area contributed by atoms with Crippen molar-refractivity contribution in [1.82, 2.24) is 9.80 Å². The molecule has 0 bridgehead atoms. The van der Waals surface area contributed by atoms with Crippen LogP contribution in [0.5, 0.6) is 11.5 Å². The van der Waals surface area contributed by atoms with Crippen LogP contribution in [0.25, 0.3) is 0 Å². The molecule has 1 unspecified atom stereocenters. The van der Waals surface area contributed by atoms with Gasteiger partial charge in [-0.2, -0.15) is 0 Å². The number of aliphatic hydroxyl groups excluding tert-OH is 1. The molecule has 1 amide bonds. The van der Waals surface area contributed by atoms with E-state index in [-0.39, 0.29) is 12.5 Å². The van der Waals surface area contributed by atoms with Gasteiger partial charge in [-0.25, -0.2) is 0 Å². The Kier molecular flexibility index (Phi) is 9.02. The number of nitrogens with zero attached hydrogens (tertiary/aromatic N) is 2. The number of rotatable bonds is 10. The third-order valence-corrected chi connectivity index (χ3v) is 5.92. The fraction of sp³-hybridized carbons (Fsp3) is 0.435. The van der Waals surface area contributed by atoms with Crippen LogP contribution in [-0.4, -0.2) is 86.2 Å². The molecular weight excluding hydrogens is 414 g/mol. The highest BCUT2D eigenvalue weighted by atomic mass is 32.2. The van der Waals surface area contributed by atoms with E-state index in [1.54, 1.807) is 18.9 Å². The van der Waals surface area contributed by atoms with E-state index in [1.165, 1.54) is 4.90 Å². The summed E-state index contributed by atoms with van der Waals surface area (Å²) < 4.78 is 11.0. The standard InChI is InChI=1S/C23H31N3O4S/c1-29-21-5-3-4-6-22(21)30-17-19(27)15-25-11-13-26(14-12-25)16-23(28)24-18-7-9-20(31-2)10-8-18/h3-10,19,27H,11-17H2,1-2H3,(H,24,28). The number of benzene rings is 2. The molecule has 31 heavy (non-hydrogen) atoms. The van der Waals surface area contributed by atoms with Crippen LogP contribution in [0.3, 0.4) is 0 Å². The Labute approximate surface area is 188 Å². The van der Waals surface area contributed by atoms with Crippen LogP contribution in [0.4, 0.5) is 5.69 Å². The van der Waals surface area contributed by atoms with Gasteiger partial charge in [0, 0.05) is 43.3 Å². The Morgan fingerprint density at radius 1 is 1.06 bits per heavy atom. The van der Waals surface area contributed by atoms with Crippen molar-refractivity contribution in [3.8, 4) is 11.5 Å². The van der Waals surface area contributed by atoms with Crippen LogP contribution in [-0.2, 0) is 4.79 Å². The van der Waals surface area contributed by atoms with Crippen LogP contribution in [0.15, 0.2) is 53.4 Å². The third kappa shape index (κ3) is 7.43. The first-order valence-electron chi connectivity index (χ1n) is 10.4. The lowest BCUT2D eigenvalue weighted by atomic mass is 10.2. The van der Waals surface area contributed by atoms with Crippen LogP contribution < -0.4 is 14.8 Å². The highest BCUT2D eigenvalue weighted by Gasteiger charge is 2.21. The Hall–Kier alpha value is -2.26. The van der Waals surface area contributed by atoms with E-state index in [0.29, 0.717) is 24.6 Å². The maximum Gasteiger partial charge on any atom is 0.238 e. The summed E-state index contributed by atoms with van der Waals surface area (Å²) in [5, 5.41) is 13.3. The highest BCUT2D eigenvalue weighted by molar-refractivity contribution is 7.98. The van der Waals surface area contributed by atoms with Gasteiger partial charge in [0.25, 0.3) is 0 Å². The lowest BCUT2D eigenvalue weighted by molar-refractivity contribution is -0.117. The Morgan fingerprint density at radius 2 is 1.71 bits per heavy atom. The van der Waals surface area contributed by atoms with Crippen LogP contribution in [0.2, 0.25) is 0 Å². The minimum absolute atomic E-state index is 0.00408. The van der Waals surface area contributed by atoms with Gasteiger partial charge in [0.05, 0.1) is 13.7 Å². The largest absolute Gasteiger partial charge is 0.493 e. The number of aliphatic hydroxyl groups is 1. The number of anilines is 1. The number of ether oxygens (including phenoxy) is 2. The number of amides is 1. The van der Waals surface area contributed by atoms with Crippen molar-refractivity contribution >= 4 is 23.4 Å². The topological polar surface area (TPSA) is 74.3 Å². The van der Waals surface area contributed by atoms with E-state index in [2.05, 4.69) is 15.1 Å². The van der Waals surface area contributed by atoms with E-state index in [1.807, 2.05) is 54.8 Å². The van der Waals surface area contributed by atoms with E-state index in [0.717, 1.165) is 31.9 Å². The molecule has 1 heterocycles. The van der Waals surface area contributed by atoms with Crippen molar-refractivity contribution in [2.75, 3.05) is 64.6 Å². The molecule has 3 rings (SSSR count). The number of thioether (sulfide) groups is 1. The van der Waals surface area contributed by atoms with Gasteiger partial charge < -0.3 is 19.9 Å². The average Bonchev–Trinajstić information content (AvgIpc) is 2.79. The molecule has 2 aromatic rings. The molecule has 0 saturated carbocycles. The molecule has 1 aliphatic rings. The van der Waals surface area contributed by atoms with E-state index >= 15 is 0 Å². The van der Waals surface area contributed by atoms with Gasteiger partial charge in [-0.05, 0) is 42.7 Å². The lowest BCUT2D eigenvalue weighted by Gasteiger charge is -2.35. The predicted octanol–water partition coefficient (Wildman–Crippen LogP) is 2.41. The van der Waals surface area contributed by atoms with Crippen molar-refractivity contribution in [2.24, 2.45) is 0 Å². The molecule has 1 fully saturated rings. The summed E-state index contributed by atoms with van der Waals surface area (Å²) in [6.45, 7) is 4.31. The monoisotopic (exact) mass is 445 g/mol. The van der Waals surface area contributed by atoms with Crippen LogP contribution in [0.1, 0.15) is 0 Å². The molecule has 8 heteroatoms. The minimum Gasteiger partial charge on any atom is -0.493 e. The molecule has 1 aliphatic heterocycles. The van der Waals surface area contributed by atoms with Gasteiger partial charge in [0.2, 0.25) is 5.91 Å². The number of nitrogens with one attached hydrogen (secondary N) is 1. The lowest BCUT2D eigenvalue weighted by Crippen LogP contribution is -2.50. The van der Waals surface area contributed by atoms with Crippen molar-refractivity contribution in [2.45, 2.75) is 11.0 Å². The average molecular weight is 446 g/mol. The van der Waals surface area contributed by atoms with E-state index in [9.17, 15) is 9.90 Å². The van der Waals surface area contributed by atoms with Gasteiger partial charge in [-0.3, -0.25) is 14.6 Å². The molecule has 0 spiro atoms. The molecule has 1 saturated heterocycles. The summed E-state index contributed by atoms with van der Waals surface area (Å²) in [5.74, 6) is 1.28. The number of piperazine rings is 1. The summed E-state index contributed by atoms with van der Waals surface area (Å²) in [7, 11) is 1.60. The maximum absolute atomic E-state index is 12.3. The second-order valence-electron chi connectivity index (χ2n) is 7.47. The fourth-order valence-electron chi connectivity index (χ4n) is 3.48. The summed E-state index contributed by atoms with van der Waals surface area (Å²) in [6, 6.07) is 15.3. The molecule has 168 valence electrons. The second kappa shape index (κ2) is 12.0. The number of hydrogen-bond donors (Lipinski definition) is 2. The zero-order valence-electron chi connectivity index (χ0n) is 18.1. The van der Waals surface area contributed by atoms with Gasteiger partial charge >= 0.3 is 0 Å². The number of carbonyl (C=O) groups is 1. The summed E-state index contributed by atoms with van der Waals surface area (Å²) in [4.78, 5) is 17.8. The zero-order chi connectivity index (χ0) is 22.1. The smallest absolute Gasteiger partial charge is 0.238 e. The van der Waals surface area contributed by atoms with Gasteiger partial charge in [0.15, 0.2) is 11.5 Å². The molecule has 0 aliphatic carbocycles. The molecule has 1 atom stereocenters. The first-order chi connectivity index (χ1) is 15.1. The molecular formula is C23H31N3O4S. The van der Waals surface area contributed by atoms with Crippen LogP contribution >= 0.6 is 11.8 Å². The zero-order valence-corrected chi connectivity index (χ0v) is 18.9. The number of carbonyl (C=O) groups excluding carboxylic acids is 1. The Morgan fingerprint density at radius 3 is 2.35 bits per heavy atom. The SMILES string of the molecule is COc1ccccc1OCC(O)CN1CCN(CC(=O)Nc2ccc(SC)cc2)CC1. The van der Waals surface area contributed by atoms with Crippen molar-refractivity contribution in [3.05, 3.63) is 48.5 Å². The van der Waals surface area contributed by atoms with E-state index in [4.69, 9.17) is 9.47 Å². The molecule has 2 N–H and O–H groups in total. The first-order valence-corrected chi connectivity index (χ1v) is 11.6. The summed E-state index contributed by atoms with van der Waals surface area (Å²) in [5.41, 5.74) is 0.819. The van der Waals surface area contributed by atoms with Gasteiger partial charge in [-0.1, -0.05) is 12.1 Å². The highest BCUT2D eigenvalue weighted by Crippen LogP contribution is 2.25. The number of methoxy groups -OCH3 is 1. The molecule has 7 nitrogen and oxygen atoms in total. The van der Waals surface area contributed by atoms with Crippen LogP contribution in [0, 0.1) is 0 Å². The van der Waals surface area contributed by atoms with Crippen molar-refractivity contribution in [3.63, 3.8) is 0 Å². The quantitative estimate of drug-likeness (QED) is 0.544. The fourth-order valence-corrected chi connectivity index (χ4v) is 3.89. The Bertz CT molecular complexity index is 826. The van der Waals surface area contributed by atoms with E-state index < -0.39 is 6.10 Å². The second-order valence-corrected chi connectivity index (χ2v) is 8.35. The predicted molar refractivity (Wildman–Crippen MR) is 124 cm³/mol. The molecule has 0 radical (unpaired) electrons. The van der Waals surface area contributed by atoms with Gasteiger partial charge in [-0.15, -0.1) is 11.8 Å². The number of para-hydroxylation sites is 2. The first kappa shape index (κ1) is 23.4. The Balaban J connectivity index is 1.35. The third-order valence-electron chi connectivity index (χ3n) is 5.18. The number of β-amino-alcohol motifs (C(OH)–C–C–N with tert-alkyl or cyclic N) is 1. The minimum atomic E-state index is -0.594. The van der Waals surface area contributed by atoms with Crippen molar-refractivity contribution in [1.29, 1.82) is 0 Å². The summed E-state index contributed by atoms with van der Waals surface area (Å²) >= 11 is 1.68. The number of hydrogen-bond acceptors (Lipinski definition) is 7. The molecule has 2 aromatic carbocycles. The van der Waals surface area contributed by atoms with Gasteiger partial charge in [0.1, 0.15) is 12.7 Å². The maximum atomic E-state index is 12.3.